The van der Waals surface area contributed by atoms with Crippen LogP contribution >= 0.6 is 39.0 Å². The quantitative estimate of drug-likeness (QED) is 0.201. The van der Waals surface area contributed by atoms with Crippen molar-refractivity contribution in [2.45, 2.75) is 104 Å². The smallest absolute Gasteiger partial charge is 0.213 e. The molecule has 0 atom stereocenters. The van der Waals surface area contributed by atoms with Gasteiger partial charge in [-0.2, -0.15) is 35.9 Å². The zero-order chi connectivity index (χ0) is 23.7. The molecule has 2 rings (SSSR count). The van der Waals surface area contributed by atoms with E-state index in [1.165, 1.54) is 5.30 Å². The molecule has 0 spiro atoms. The predicted molar refractivity (Wildman–Crippen MR) is 146 cm³/mol. The molecule has 0 radical (unpaired) electrons. The molecule has 0 bridgehead atoms. The van der Waals surface area contributed by atoms with Crippen molar-refractivity contribution in [3.05, 3.63) is 46.4 Å². The van der Waals surface area contributed by atoms with Crippen LogP contribution in [0.5, 0.6) is 0 Å². The summed E-state index contributed by atoms with van der Waals surface area (Å²) < 4.78 is 0. The van der Waals surface area contributed by atoms with Crippen LogP contribution in [0, 0.1) is 0 Å². The van der Waals surface area contributed by atoms with Gasteiger partial charge in [0.1, 0.15) is 0 Å². The topological polar surface area (TPSA) is 0 Å². The normalized spacial score (nSPS) is 13.2. The van der Waals surface area contributed by atoms with Gasteiger partial charge in [-0.15, -0.1) is 30.1 Å². The van der Waals surface area contributed by atoms with Gasteiger partial charge in [0.25, 0.3) is 0 Å². The molecular formula is C26H42Cl2FeP2. The Bertz CT molecular complexity index is 751. The fourth-order valence-corrected chi connectivity index (χ4v) is 13.3. The van der Waals surface area contributed by atoms with Crippen molar-refractivity contribution < 1.29 is 17.1 Å². The van der Waals surface area contributed by atoms with E-state index in [9.17, 15) is 0 Å². The molecule has 0 amide bonds. The molecule has 0 aliphatic heterocycles. The fourth-order valence-electron chi connectivity index (χ4n) is 4.62. The van der Waals surface area contributed by atoms with Gasteiger partial charge in [0.05, 0.1) is 0 Å². The van der Waals surface area contributed by atoms with Crippen LogP contribution in [0.25, 0.3) is 0 Å². The fraction of sp³-hybridized carbons (Fsp3) is 0.615. The molecule has 0 N–H and O–H groups in total. The molecule has 2 aromatic carbocycles. The summed E-state index contributed by atoms with van der Waals surface area (Å²) in [6, 6.07) is 12.9. The molecule has 0 saturated heterocycles. The van der Waals surface area contributed by atoms with Gasteiger partial charge in [-0.05, 0) is 20.6 Å². The van der Waals surface area contributed by atoms with E-state index in [0.717, 1.165) is 5.02 Å². The maximum absolute atomic E-state index is 6.30. The van der Waals surface area contributed by atoms with Crippen molar-refractivity contribution in [3.8, 4) is 0 Å². The third-order valence-corrected chi connectivity index (χ3v) is 12.6. The summed E-state index contributed by atoms with van der Waals surface area (Å²) in [4.78, 5) is 0. The maximum atomic E-state index is 6.30. The molecule has 2 aromatic rings. The van der Waals surface area contributed by atoms with E-state index in [1.54, 1.807) is 5.30 Å². The zero-order valence-corrected chi connectivity index (χ0v) is 25.9. The molecule has 0 fully saturated rings. The van der Waals surface area contributed by atoms with E-state index in [-0.39, 0.29) is 43.2 Å². The first-order chi connectivity index (χ1) is 13.3. The second-order valence-electron chi connectivity index (χ2n) is 11.9. The first-order valence-electron chi connectivity index (χ1n) is 10.7. The number of hydrogen-bond acceptors (Lipinski definition) is 0. The Morgan fingerprint density at radius 1 is 0.742 bits per heavy atom. The van der Waals surface area contributed by atoms with Crippen molar-refractivity contribution in [1.82, 2.24) is 0 Å². The van der Waals surface area contributed by atoms with Gasteiger partial charge in [0.15, 0.2) is 0 Å². The molecule has 31 heavy (non-hydrogen) atoms. The van der Waals surface area contributed by atoms with Gasteiger partial charge < -0.3 is 0 Å². The third kappa shape index (κ3) is 9.08. The molecule has 5 heteroatoms. The molecule has 0 saturated carbocycles. The number of rotatable bonds is 2. The maximum Gasteiger partial charge on any atom is 2.00 e. The van der Waals surface area contributed by atoms with Crippen molar-refractivity contribution in [2.75, 3.05) is 0 Å². The zero-order valence-electron chi connectivity index (χ0n) is 21.5. The average molecular weight is 543 g/mol. The Morgan fingerprint density at radius 2 is 1.19 bits per heavy atom. The summed E-state index contributed by atoms with van der Waals surface area (Å²) >= 11 is 12.4. The van der Waals surface area contributed by atoms with Gasteiger partial charge in [-0.3, -0.25) is 0 Å². The van der Waals surface area contributed by atoms with Crippen LogP contribution in [0.2, 0.25) is 10.0 Å². The minimum atomic E-state index is -0.354. The Labute approximate surface area is 216 Å². The second kappa shape index (κ2) is 11.4. The van der Waals surface area contributed by atoms with Gasteiger partial charge in [0.2, 0.25) is 0 Å². The standard InChI is InChI=1S/C13H20Cl2P.C13H22P.Fe/c1-12(2,3)16(13(4,5)6)10-8-7-9(14)11(10)15;1-12(2,3)14(13(4,5)6)11-9-7-8-10-11;/h7-8H,1-6H3;7-10H,1-6H3;/q2*-1;+2. The van der Waals surface area contributed by atoms with Crippen LogP contribution in [0.3, 0.4) is 0 Å². The Hall–Kier alpha value is 0.659. The largest absolute Gasteiger partial charge is 2.00 e. The van der Waals surface area contributed by atoms with Crippen LogP contribution in [0.4, 0.5) is 0 Å². The number of hydrogen-bond donors (Lipinski definition) is 0. The van der Waals surface area contributed by atoms with E-state index in [1.807, 2.05) is 6.07 Å². The monoisotopic (exact) mass is 542 g/mol. The van der Waals surface area contributed by atoms with E-state index in [2.05, 4.69) is 113 Å². The Kier molecular flexibility index (Phi) is 11.6. The van der Waals surface area contributed by atoms with E-state index in [0.29, 0.717) is 15.3 Å². The first-order valence-corrected chi connectivity index (χ1v) is 14.1. The molecule has 0 aliphatic rings. The van der Waals surface area contributed by atoms with E-state index < -0.39 is 0 Å². The molecular weight excluding hydrogens is 501 g/mol. The van der Waals surface area contributed by atoms with Crippen LogP contribution in [0.1, 0.15) is 83.1 Å². The molecule has 178 valence electrons. The van der Waals surface area contributed by atoms with Crippen LogP contribution < -0.4 is 10.6 Å². The molecule has 0 aromatic heterocycles. The van der Waals surface area contributed by atoms with E-state index >= 15 is 0 Å². The summed E-state index contributed by atoms with van der Waals surface area (Å²) in [5, 5.41) is 5.45. The van der Waals surface area contributed by atoms with Gasteiger partial charge in [-0.25, -0.2) is 12.1 Å². The van der Waals surface area contributed by atoms with Gasteiger partial charge in [0, 0.05) is 0 Å². The average Bonchev–Trinajstić information content (AvgIpc) is 3.08. The van der Waals surface area contributed by atoms with Gasteiger partial charge >= 0.3 is 17.1 Å². The van der Waals surface area contributed by atoms with Gasteiger partial charge in [-0.1, -0.05) is 101 Å². The summed E-state index contributed by atoms with van der Waals surface area (Å²) in [7, 11) is -0.455. The predicted octanol–water partition coefficient (Wildman–Crippen LogP) is 9.52. The summed E-state index contributed by atoms with van der Waals surface area (Å²) in [5.74, 6) is 0. The Balaban J connectivity index is 0.000000567. The summed E-state index contributed by atoms with van der Waals surface area (Å²) in [6.45, 7) is 27.8. The molecule has 0 nitrogen and oxygen atoms in total. The Morgan fingerprint density at radius 3 is 1.45 bits per heavy atom. The SMILES string of the molecule is CC(C)(C)P([c-]1ccc(Cl)c1Cl)C(C)(C)C.CC(C)(C)P(c1ccc[cH-]1)C(C)(C)C.[Fe+2]. The van der Waals surface area contributed by atoms with E-state index in [4.69, 9.17) is 23.2 Å². The van der Waals surface area contributed by atoms with Crippen LogP contribution in [-0.2, 0) is 17.1 Å². The van der Waals surface area contributed by atoms with Crippen LogP contribution in [0.15, 0.2) is 36.4 Å². The number of halogens is 2. The minimum absolute atomic E-state index is 0. The van der Waals surface area contributed by atoms with Crippen molar-refractivity contribution >= 4 is 49.7 Å². The van der Waals surface area contributed by atoms with Crippen molar-refractivity contribution in [3.63, 3.8) is 0 Å². The summed E-state index contributed by atoms with van der Waals surface area (Å²) in [6.07, 6.45) is 0. The first kappa shape index (κ1) is 31.7. The summed E-state index contributed by atoms with van der Waals surface area (Å²) in [5.41, 5.74) is 0. The molecule has 0 unspecified atom stereocenters. The van der Waals surface area contributed by atoms with Crippen LogP contribution in [-0.4, -0.2) is 20.6 Å². The van der Waals surface area contributed by atoms with Crippen molar-refractivity contribution in [1.29, 1.82) is 0 Å². The van der Waals surface area contributed by atoms with Crippen molar-refractivity contribution in [2.24, 2.45) is 0 Å². The second-order valence-corrected chi connectivity index (χ2v) is 20.4. The molecule has 0 heterocycles. The third-order valence-electron chi connectivity index (χ3n) is 4.65. The molecule has 0 aliphatic carbocycles. The minimum Gasteiger partial charge on any atom is -0.213 e.